The highest BCUT2D eigenvalue weighted by atomic mass is 16.5. The summed E-state index contributed by atoms with van der Waals surface area (Å²) in [6.45, 7) is 5.49. The fourth-order valence-corrected chi connectivity index (χ4v) is 4.49. The number of carbonyl (C=O) groups is 2. The second kappa shape index (κ2) is 9.84. The summed E-state index contributed by atoms with van der Waals surface area (Å²) in [5.74, 6) is -0.215. The van der Waals surface area contributed by atoms with E-state index in [4.69, 9.17) is 9.47 Å². The van der Waals surface area contributed by atoms with Gasteiger partial charge in [-0.2, -0.15) is 0 Å². The third-order valence-electron chi connectivity index (χ3n) is 6.06. The Morgan fingerprint density at radius 2 is 1.88 bits per heavy atom. The molecule has 0 spiro atoms. The van der Waals surface area contributed by atoms with Crippen molar-refractivity contribution < 1.29 is 19.1 Å². The third-order valence-corrected chi connectivity index (χ3v) is 6.06. The molecule has 2 unspecified atom stereocenters. The molecule has 2 aliphatic rings. The molecule has 0 radical (unpaired) electrons. The third kappa shape index (κ3) is 5.03. The van der Waals surface area contributed by atoms with Crippen molar-refractivity contribution in [3.05, 3.63) is 60.2 Å². The average molecular weight is 437 g/mol. The molecule has 0 saturated carbocycles. The van der Waals surface area contributed by atoms with E-state index in [1.807, 2.05) is 44.2 Å². The minimum atomic E-state index is -1.13. The predicted molar refractivity (Wildman–Crippen MR) is 123 cm³/mol. The Bertz CT molecular complexity index is 940. The number of nitrogens with one attached hydrogen (secondary N) is 1. The Morgan fingerprint density at radius 1 is 1.09 bits per heavy atom. The van der Waals surface area contributed by atoms with Gasteiger partial charge in [0.1, 0.15) is 6.10 Å². The summed E-state index contributed by atoms with van der Waals surface area (Å²) < 4.78 is 11.8. The predicted octanol–water partition coefficient (Wildman–Crippen LogP) is 3.20. The molecule has 2 heterocycles. The van der Waals surface area contributed by atoms with Crippen LogP contribution in [0.15, 0.2) is 54.6 Å². The van der Waals surface area contributed by atoms with Gasteiger partial charge < -0.3 is 19.7 Å². The van der Waals surface area contributed by atoms with E-state index in [2.05, 4.69) is 29.6 Å². The lowest BCUT2D eigenvalue weighted by molar-refractivity contribution is -0.170. The number of morpholine rings is 1. The van der Waals surface area contributed by atoms with Crippen LogP contribution in [0, 0.1) is 0 Å². The molecule has 170 valence electrons. The number of amides is 2. The first-order valence-corrected chi connectivity index (χ1v) is 11.5. The van der Waals surface area contributed by atoms with Crippen LogP contribution in [0.3, 0.4) is 0 Å². The molecule has 0 aromatic heterocycles. The van der Waals surface area contributed by atoms with E-state index < -0.39 is 11.7 Å². The van der Waals surface area contributed by atoms with Crippen molar-refractivity contribution in [2.75, 3.05) is 26.3 Å². The van der Waals surface area contributed by atoms with Crippen molar-refractivity contribution in [2.45, 2.75) is 50.9 Å². The van der Waals surface area contributed by atoms with Gasteiger partial charge in [0.25, 0.3) is 11.8 Å². The van der Waals surface area contributed by atoms with Crippen LogP contribution >= 0.6 is 0 Å². The van der Waals surface area contributed by atoms with Crippen LogP contribution in [0.5, 0.6) is 0 Å². The maximum Gasteiger partial charge on any atom is 0.254 e. The lowest BCUT2D eigenvalue weighted by Gasteiger charge is -2.42. The number of hydrogen-bond acceptors (Lipinski definition) is 4. The van der Waals surface area contributed by atoms with Crippen LogP contribution < -0.4 is 5.32 Å². The summed E-state index contributed by atoms with van der Waals surface area (Å²) in [5.41, 5.74) is 2.07. The van der Waals surface area contributed by atoms with E-state index in [1.54, 1.807) is 4.90 Å². The lowest BCUT2D eigenvalue weighted by atomic mass is 9.89. The van der Waals surface area contributed by atoms with Gasteiger partial charge in [-0.25, -0.2) is 0 Å². The maximum atomic E-state index is 13.4. The van der Waals surface area contributed by atoms with Crippen molar-refractivity contribution in [3.8, 4) is 11.1 Å². The number of benzene rings is 2. The molecule has 2 atom stereocenters. The highest BCUT2D eigenvalue weighted by Crippen LogP contribution is 2.28. The molecule has 2 aromatic carbocycles. The maximum absolute atomic E-state index is 13.4. The van der Waals surface area contributed by atoms with Crippen LogP contribution in [-0.4, -0.2) is 60.8 Å². The Labute approximate surface area is 189 Å². The summed E-state index contributed by atoms with van der Waals surface area (Å²) >= 11 is 0. The number of nitrogens with zero attached hydrogens (tertiary/aromatic N) is 1. The normalized spacial score (nSPS) is 23.3. The monoisotopic (exact) mass is 436 g/mol. The summed E-state index contributed by atoms with van der Waals surface area (Å²) in [6.07, 6.45) is 1.62. The number of ether oxygens (including phenoxy) is 2. The minimum absolute atomic E-state index is 0.0251. The van der Waals surface area contributed by atoms with Crippen molar-refractivity contribution >= 4 is 11.8 Å². The van der Waals surface area contributed by atoms with Gasteiger partial charge in [0, 0.05) is 25.6 Å². The molecule has 1 N–H and O–H groups in total. The Kier molecular flexibility index (Phi) is 6.92. The van der Waals surface area contributed by atoms with Crippen molar-refractivity contribution in [1.29, 1.82) is 0 Å². The molecule has 0 aliphatic carbocycles. The van der Waals surface area contributed by atoms with Crippen LogP contribution in [0.2, 0.25) is 0 Å². The van der Waals surface area contributed by atoms with E-state index in [0.29, 0.717) is 26.2 Å². The van der Waals surface area contributed by atoms with Crippen molar-refractivity contribution in [3.63, 3.8) is 0 Å². The fraction of sp³-hybridized carbons (Fsp3) is 0.462. The summed E-state index contributed by atoms with van der Waals surface area (Å²) in [6, 6.07) is 18.3. The van der Waals surface area contributed by atoms with Gasteiger partial charge in [-0.15, -0.1) is 0 Å². The van der Waals surface area contributed by atoms with E-state index in [1.165, 1.54) is 0 Å². The molecule has 32 heavy (non-hydrogen) atoms. The Balaban J connectivity index is 1.60. The zero-order valence-electron chi connectivity index (χ0n) is 18.9. The first-order valence-electron chi connectivity index (χ1n) is 11.5. The van der Waals surface area contributed by atoms with E-state index >= 15 is 0 Å². The van der Waals surface area contributed by atoms with Crippen LogP contribution in [0.4, 0.5) is 0 Å². The topological polar surface area (TPSA) is 67.9 Å². The first kappa shape index (κ1) is 22.5. The second-order valence-corrected chi connectivity index (χ2v) is 8.98. The van der Waals surface area contributed by atoms with E-state index in [-0.39, 0.29) is 24.4 Å². The number of rotatable bonds is 6. The smallest absolute Gasteiger partial charge is 0.254 e. The molecular weight excluding hydrogens is 404 g/mol. The van der Waals surface area contributed by atoms with Gasteiger partial charge >= 0.3 is 0 Å². The Morgan fingerprint density at radius 3 is 2.59 bits per heavy atom. The van der Waals surface area contributed by atoms with Gasteiger partial charge in [0.05, 0.1) is 13.2 Å². The van der Waals surface area contributed by atoms with Crippen LogP contribution in [-0.2, 0) is 25.5 Å². The molecule has 2 aliphatic heterocycles. The quantitative estimate of drug-likeness (QED) is 0.755. The van der Waals surface area contributed by atoms with Crippen LogP contribution in [0.1, 0.15) is 32.3 Å². The molecule has 6 heteroatoms. The highest BCUT2D eigenvalue weighted by Gasteiger charge is 2.46. The molecule has 2 saturated heterocycles. The molecule has 6 nitrogen and oxygen atoms in total. The largest absolute Gasteiger partial charge is 0.368 e. The summed E-state index contributed by atoms with van der Waals surface area (Å²) in [5, 5.41) is 3.02. The minimum Gasteiger partial charge on any atom is -0.368 e. The van der Waals surface area contributed by atoms with Gasteiger partial charge in [0.2, 0.25) is 0 Å². The number of carbonyl (C=O) groups excluding carboxylic acids is 2. The molecule has 2 fully saturated rings. The summed E-state index contributed by atoms with van der Waals surface area (Å²) in [4.78, 5) is 28.2. The lowest BCUT2D eigenvalue weighted by Crippen LogP contribution is -2.63. The van der Waals surface area contributed by atoms with Gasteiger partial charge in [0.15, 0.2) is 5.60 Å². The fourth-order valence-electron chi connectivity index (χ4n) is 4.49. The standard InChI is InChI=1S/C26H32N2O4/c1-19(2)27-25(30)26(18-28(13-15-32-26)24(29)23-12-7-14-31-23)17-20-8-6-11-22(16-20)21-9-4-3-5-10-21/h3-6,8-11,16,19,23H,7,12-15,17-18H2,1-2H3,(H,27,30). The zero-order chi connectivity index (χ0) is 22.6. The van der Waals surface area contributed by atoms with Crippen molar-refractivity contribution in [2.24, 2.45) is 0 Å². The SMILES string of the molecule is CC(C)NC(=O)C1(Cc2cccc(-c3ccccc3)c2)CN(C(=O)C2CCCO2)CCO1. The van der Waals surface area contributed by atoms with E-state index in [0.717, 1.165) is 29.5 Å². The molecule has 0 bridgehead atoms. The van der Waals surface area contributed by atoms with Gasteiger partial charge in [-0.05, 0) is 43.4 Å². The molecular formula is C26H32N2O4. The molecule has 2 amide bonds. The van der Waals surface area contributed by atoms with E-state index in [9.17, 15) is 9.59 Å². The van der Waals surface area contributed by atoms with Crippen molar-refractivity contribution in [1.82, 2.24) is 10.2 Å². The number of hydrogen-bond donors (Lipinski definition) is 1. The summed E-state index contributed by atoms with van der Waals surface area (Å²) in [7, 11) is 0. The second-order valence-electron chi connectivity index (χ2n) is 8.98. The highest BCUT2D eigenvalue weighted by molar-refractivity contribution is 5.88. The molecule has 2 aromatic rings. The zero-order valence-corrected chi connectivity index (χ0v) is 18.9. The Hall–Kier alpha value is -2.70. The first-order chi connectivity index (χ1) is 15.5. The average Bonchev–Trinajstić information content (AvgIpc) is 3.34. The van der Waals surface area contributed by atoms with Crippen LogP contribution in [0.25, 0.3) is 11.1 Å². The van der Waals surface area contributed by atoms with Gasteiger partial charge in [-0.1, -0.05) is 54.6 Å². The van der Waals surface area contributed by atoms with Gasteiger partial charge in [-0.3, -0.25) is 9.59 Å². The molecule has 4 rings (SSSR count).